The van der Waals surface area contributed by atoms with Crippen molar-refractivity contribution in [2.45, 2.75) is 84.7 Å². The molecule has 0 saturated heterocycles. The maximum absolute atomic E-state index is 14.1. The number of nitrogens with zero attached hydrogens (tertiary/aromatic N) is 1. The van der Waals surface area contributed by atoms with Gasteiger partial charge in [-0.2, -0.15) is 0 Å². The zero-order chi connectivity index (χ0) is 34.3. The summed E-state index contributed by atoms with van der Waals surface area (Å²) in [5.74, 6) is -1.88. The minimum Gasteiger partial charge on any atom is -0.342 e. The number of likely N-dealkylation sites (N-methyl/N-ethyl adjacent to an activating group) is 2. The van der Waals surface area contributed by atoms with E-state index in [-0.39, 0.29) is 29.1 Å². The third-order valence-electron chi connectivity index (χ3n) is 7.96. The van der Waals surface area contributed by atoms with E-state index in [0.717, 1.165) is 10.0 Å². The van der Waals surface area contributed by atoms with Gasteiger partial charge in [-0.1, -0.05) is 113 Å². The van der Waals surface area contributed by atoms with Crippen LogP contribution in [0.25, 0.3) is 0 Å². The van der Waals surface area contributed by atoms with Crippen molar-refractivity contribution in [1.82, 2.24) is 20.3 Å². The summed E-state index contributed by atoms with van der Waals surface area (Å²) in [7, 11) is -0.607. The van der Waals surface area contributed by atoms with Gasteiger partial charge in [0.25, 0.3) is 5.91 Å². The van der Waals surface area contributed by atoms with Crippen LogP contribution in [0.5, 0.6) is 0 Å². The zero-order valence-electron chi connectivity index (χ0n) is 28.1. The highest BCUT2D eigenvalue weighted by Gasteiger charge is 2.41. The second-order valence-corrected chi connectivity index (χ2v) is 16.1. The molecule has 45 heavy (non-hydrogen) atoms. The van der Waals surface area contributed by atoms with Crippen LogP contribution in [-0.2, 0) is 35.6 Å². The molecular formula is C34H49BrN4O5S. The van der Waals surface area contributed by atoms with Crippen LogP contribution in [0.15, 0.2) is 70.7 Å². The summed E-state index contributed by atoms with van der Waals surface area (Å²) >= 11 is 3.32. The lowest BCUT2D eigenvalue weighted by Crippen LogP contribution is -2.61. The third kappa shape index (κ3) is 10.5. The van der Waals surface area contributed by atoms with Crippen LogP contribution >= 0.6 is 15.9 Å². The predicted octanol–water partition coefficient (Wildman–Crippen LogP) is 4.92. The Morgan fingerprint density at radius 3 is 1.98 bits per heavy atom. The van der Waals surface area contributed by atoms with Gasteiger partial charge in [0, 0.05) is 22.5 Å². The van der Waals surface area contributed by atoms with Crippen LogP contribution < -0.4 is 15.4 Å². The standard InChI is InChI=1S/C34H49BrN4O5S/c1-22(2)27(20-23(3)30(40)38-45(43,44)21-24-16-18-26(35)19-17-24)39(10)32(42)29(33(4,5)6)37-31(41)28(36-9)34(7,8)25-14-12-11-13-15-25/h11-20,22,27-29,36H,21H2,1-10H3,(H,37,41)(H,38,40)/t27-,28-,29-/m1/s1. The fourth-order valence-electron chi connectivity index (χ4n) is 5.22. The molecular weight excluding hydrogens is 656 g/mol. The van der Waals surface area contributed by atoms with Crippen LogP contribution in [0.1, 0.15) is 66.5 Å². The highest BCUT2D eigenvalue weighted by molar-refractivity contribution is 9.10. The second-order valence-electron chi connectivity index (χ2n) is 13.5. The molecule has 0 aliphatic carbocycles. The molecule has 248 valence electrons. The molecule has 0 heterocycles. The Labute approximate surface area is 277 Å². The van der Waals surface area contributed by atoms with E-state index >= 15 is 0 Å². The largest absolute Gasteiger partial charge is 0.342 e. The fourth-order valence-corrected chi connectivity index (χ4v) is 6.63. The molecule has 3 atom stereocenters. The first-order chi connectivity index (χ1) is 20.7. The highest BCUT2D eigenvalue weighted by Crippen LogP contribution is 2.29. The molecule has 2 aromatic rings. The number of sulfonamides is 1. The summed E-state index contributed by atoms with van der Waals surface area (Å²) in [5.41, 5.74) is 0.447. The highest BCUT2D eigenvalue weighted by atomic mass is 79.9. The first-order valence-corrected chi connectivity index (χ1v) is 17.4. The van der Waals surface area contributed by atoms with Gasteiger partial charge in [0.15, 0.2) is 0 Å². The molecule has 11 heteroatoms. The van der Waals surface area contributed by atoms with Crippen LogP contribution in [0.2, 0.25) is 0 Å². The van der Waals surface area contributed by atoms with Crippen molar-refractivity contribution >= 4 is 43.7 Å². The monoisotopic (exact) mass is 704 g/mol. The summed E-state index contributed by atoms with van der Waals surface area (Å²) in [4.78, 5) is 42.3. The van der Waals surface area contributed by atoms with Crippen LogP contribution in [0.4, 0.5) is 0 Å². The molecule has 0 aliphatic rings. The topological polar surface area (TPSA) is 125 Å². The molecule has 0 fully saturated rings. The van der Waals surface area contributed by atoms with Crippen molar-refractivity contribution in [1.29, 1.82) is 0 Å². The third-order valence-corrected chi connectivity index (χ3v) is 9.70. The van der Waals surface area contributed by atoms with Gasteiger partial charge in [-0.05, 0) is 48.6 Å². The summed E-state index contributed by atoms with van der Waals surface area (Å²) in [6.07, 6.45) is 1.60. The summed E-state index contributed by atoms with van der Waals surface area (Å²) < 4.78 is 28.4. The maximum Gasteiger partial charge on any atom is 0.260 e. The van der Waals surface area contributed by atoms with Gasteiger partial charge in [0.2, 0.25) is 21.8 Å². The molecule has 3 amide bonds. The average Bonchev–Trinajstić information content (AvgIpc) is 2.94. The normalized spacial score (nSPS) is 14.8. The quantitative estimate of drug-likeness (QED) is 0.254. The minimum atomic E-state index is -3.96. The molecule has 2 aromatic carbocycles. The van der Waals surface area contributed by atoms with E-state index in [9.17, 15) is 22.8 Å². The first-order valence-electron chi connectivity index (χ1n) is 15.0. The van der Waals surface area contributed by atoms with E-state index in [1.807, 2.05) is 78.8 Å². The van der Waals surface area contributed by atoms with E-state index in [2.05, 4.69) is 31.3 Å². The van der Waals surface area contributed by atoms with Crippen molar-refractivity contribution in [2.75, 3.05) is 14.1 Å². The maximum atomic E-state index is 14.1. The van der Waals surface area contributed by atoms with E-state index in [0.29, 0.717) is 5.56 Å². The number of carbonyl (C=O) groups excluding carboxylic acids is 3. The van der Waals surface area contributed by atoms with Gasteiger partial charge in [-0.25, -0.2) is 13.1 Å². The van der Waals surface area contributed by atoms with Gasteiger partial charge in [-0.15, -0.1) is 0 Å². The van der Waals surface area contributed by atoms with Gasteiger partial charge >= 0.3 is 0 Å². The van der Waals surface area contributed by atoms with Crippen molar-refractivity contribution in [2.24, 2.45) is 11.3 Å². The van der Waals surface area contributed by atoms with Crippen LogP contribution in [0.3, 0.4) is 0 Å². The molecule has 3 N–H and O–H groups in total. The minimum absolute atomic E-state index is 0.125. The molecule has 0 aliphatic heterocycles. The van der Waals surface area contributed by atoms with Crippen molar-refractivity contribution in [3.8, 4) is 0 Å². The van der Waals surface area contributed by atoms with Crippen molar-refractivity contribution in [3.63, 3.8) is 0 Å². The Balaban J connectivity index is 2.29. The Morgan fingerprint density at radius 2 is 1.49 bits per heavy atom. The van der Waals surface area contributed by atoms with Gasteiger partial charge < -0.3 is 15.5 Å². The smallest absolute Gasteiger partial charge is 0.260 e. The lowest BCUT2D eigenvalue weighted by Gasteiger charge is -2.40. The van der Waals surface area contributed by atoms with E-state index < -0.39 is 44.9 Å². The van der Waals surface area contributed by atoms with Crippen LogP contribution in [-0.4, -0.2) is 63.3 Å². The summed E-state index contributed by atoms with van der Waals surface area (Å²) in [6.45, 7) is 14.9. The van der Waals surface area contributed by atoms with E-state index in [1.54, 1.807) is 44.4 Å². The molecule has 0 unspecified atom stereocenters. The molecule has 9 nitrogen and oxygen atoms in total. The number of amides is 3. The lowest BCUT2D eigenvalue weighted by atomic mass is 9.76. The lowest BCUT2D eigenvalue weighted by molar-refractivity contribution is -0.140. The molecule has 0 bridgehead atoms. The molecule has 0 radical (unpaired) electrons. The van der Waals surface area contributed by atoms with Crippen molar-refractivity contribution in [3.05, 3.63) is 81.8 Å². The second kappa shape index (κ2) is 15.5. The average molecular weight is 706 g/mol. The van der Waals surface area contributed by atoms with Crippen LogP contribution in [0, 0.1) is 11.3 Å². The summed E-state index contributed by atoms with van der Waals surface area (Å²) in [5, 5.41) is 6.16. The summed E-state index contributed by atoms with van der Waals surface area (Å²) in [6, 6.07) is 14.4. The molecule has 0 saturated carbocycles. The Bertz CT molecular complexity index is 1470. The Kier molecular flexibility index (Phi) is 13.2. The molecule has 2 rings (SSSR count). The zero-order valence-corrected chi connectivity index (χ0v) is 30.5. The van der Waals surface area contributed by atoms with Gasteiger partial charge in [0.05, 0.1) is 17.8 Å². The van der Waals surface area contributed by atoms with Gasteiger partial charge in [-0.3, -0.25) is 14.4 Å². The van der Waals surface area contributed by atoms with E-state index in [4.69, 9.17) is 0 Å². The Hall–Kier alpha value is -3.02. The number of nitrogens with one attached hydrogen (secondary N) is 3. The number of halogens is 1. The molecule has 0 aromatic heterocycles. The van der Waals surface area contributed by atoms with Crippen molar-refractivity contribution < 1.29 is 22.8 Å². The number of hydrogen-bond donors (Lipinski definition) is 3. The SMILES string of the molecule is CN[C@H](C(=O)N[C@H](C(=O)N(C)[C@H](C=C(C)C(=O)NS(=O)(=O)Cc1ccc(Br)cc1)C(C)C)C(C)(C)C)C(C)(C)c1ccccc1. The number of rotatable bonds is 13. The first kappa shape index (κ1) is 38.2. The van der Waals surface area contributed by atoms with Gasteiger partial charge in [0.1, 0.15) is 6.04 Å². The number of benzene rings is 2. The molecule has 0 spiro atoms. The van der Waals surface area contributed by atoms with E-state index in [1.165, 1.54) is 11.8 Å². The number of hydrogen-bond acceptors (Lipinski definition) is 6. The Morgan fingerprint density at radius 1 is 0.933 bits per heavy atom. The fraction of sp³-hybridized carbons (Fsp3) is 0.500. The number of carbonyl (C=O) groups is 3. The predicted molar refractivity (Wildman–Crippen MR) is 184 cm³/mol.